The van der Waals surface area contributed by atoms with Crippen LogP contribution in [0.25, 0.3) is 0 Å². The van der Waals surface area contributed by atoms with Crippen LogP contribution in [-0.2, 0) is 11.3 Å². The van der Waals surface area contributed by atoms with E-state index in [1.54, 1.807) is 6.26 Å². The van der Waals surface area contributed by atoms with E-state index in [0.29, 0.717) is 13.0 Å². The van der Waals surface area contributed by atoms with Gasteiger partial charge in [-0.05, 0) is 26.0 Å². The van der Waals surface area contributed by atoms with Gasteiger partial charge in [-0.15, -0.1) is 0 Å². The van der Waals surface area contributed by atoms with E-state index in [4.69, 9.17) is 4.42 Å². The lowest BCUT2D eigenvalue weighted by Gasteiger charge is -2.22. The van der Waals surface area contributed by atoms with Gasteiger partial charge < -0.3 is 14.6 Å². The Morgan fingerprint density at radius 2 is 2.38 bits per heavy atom. The van der Waals surface area contributed by atoms with Gasteiger partial charge in [0.05, 0.1) is 12.8 Å². The zero-order chi connectivity index (χ0) is 11.6. The van der Waals surface area contributed by atoms with Crippen molar-refractivity contribution < 1.29 is 9.21 Å². The van der Waals surface area contributed by atoms with Crippen LogP contribution in [0.1, 0.15) is 26.0 Å². The number of carbonyl (C=O) groups is 1. The molecule has 0 radical (unpaired) electrons. The fraction of sp³-hybridized carbons (Fsp3) is 0.583. The quantitative estimate of drug-likeness (QED) is 0.822. The summed E-state index contributed by atoms with van der Waals surface area (Å²) in [5.74, 6) is 1.03. The number of furan rings is 1. The number of hydrogen-bond acceptors (Lipinski definition) is 3. The summed E-state index contributed by atoms with van der Waals surface area (Å²) in [6, 6.07) is 3.75. The Kier molecular flexibility index (Phi) is 3.01. The van der Waals surface area contributed by atoms with E-state index in [2.05, 4.69) is 19.2 Å². The second-order valence-corrected chi connectivity index (χ2v) is 4.88. The van der Waals surface area contributed by atoms with Gasteiger partial charge in [-0.25, -0.2) is 0 Å². The first kappa shape index (κ1) is 11.2. The highest BCUT2D eigenvalue weighted by molar-refractivity contribution is 5.77. The molecule has 1 aromatic rings. The molecule has 1 N–H and O–H groups in total. The number of nitrogens with one attached hydrogen (secondary N) is 1. The van der Waals surface area contributed by atoms with E-state index < -0.39 is 0 Å². The first-order valence-corrected chi connectivity index (χ1v) is 5.62. The second kappa shape index (κ2) is 4.29. The largest absolute Gasteiger partial charge is 0.467 e. The Bertz CT molecular complexity index is 357. The molecule has 4 nitrogen and oxygen atoms in total. The lowest BCUT2D eigenvalue weighted by molar-refractivity contribution is -0.132. The van der Waals surface area contributed by atoms with Gasteiger partial charge in [-0.2, -0.15) is 0 Å². The normalized spacial score (nSPS) is 20.9. The maximum absolute atomic E-state index is 12.0. The average Bonchev–Trinajstić information content (AvgIpc) is 2.63. The van der Waals surface area contributed by atoms with Crippen molar-refractivity contribution in [3.8, 4) is 0 Å². The molecule has 1 fully saturated rings. The number of hydrogen-bond donors (Lipinski definition) is 1. The highest BCUT2D eigenvalue weighted by Gasteiger charge is 2.28. The van der Waals surface area contributed by atoms with Gasteiger partial charge in [-0.3, -0.25) is 4.79 Å². The topological polar surface area (TPSA) is 45.5 Å². The first-order chi connectivity index (χ1) is 7.57. The second-order valence-electron chi connectivity index (χ2n) is 4.88. The summed E-state index contributed by atoms with van der Waals surface area (Å²) in [7, 11) is 0. The lowest BCUT2D eigenvalue weighted by Crippen LogP contribution is -2.39. The molecule has 0 aliphatic carbocycles. The maximum atomic E-state index is 12.0. The lowest BCUT2D eigenvalue weighted by atomic mass is 10.0. The Morgan fingerprint density at radius 1 is 1.56 bits per heavy atom. The fourth-order valence-corrected chi connectivity index (χ4v) is 1.96. The predicted molar refractivity (Wildman–Crippen MR) is 60.8 cm³/mol. The van der Waals surface area contributed by atoms with Crippen molar-refractivity contribution in [2.45, 2.75) is 32.4 Å². The summed E-state index contributed by atoms with van der Waals surface area (Å²) in [6.45, 7) is 6.26. The first-order valence-electron chi connectivity index (χ1n) is 5.62. The minimum absolute atomic E-state index is 0.102. The van der Waals surface area contributed by atoms with Crippen molar-refractivity contribution in [1.29, 1.82) is 0 Å². The van der Waals surface area contributed by atoms with Crippen LogP contribution >= 0.6 is 0 Å². The van der Waals surface area contributed by atoms with Gasteiger partial charge in [0.2, 0.25) is 5.91 Å². The molecular formula is C12H18N2O2. The summed E-state index contributed by atoms with van der Waals surface area (Å²) >= 11 is 0. The van der Waals surface area contributed by atoms with Crippen LogP contribution in [0.4, 0.5) is 0 Å². The van der Waals surface area contributed by atoms with Gasteiger partial charge in [0, 0.05) is 25.0 Å². The van der Waals surface area contributed by atoms with Crippen LogP contribution in [0.2, 0.25) is 0 Å². The molecule has 2 heterocycles. The molecule has 2 rings (SSSR count). The van der Waals surface area contributed by atoms with E-state index in [-0.39, 0.29) is 11.4 Å². The third-order valence-electron chi connectivity index (χ3n) is 2.86. The number of rotatable bonds is 2. The third-order valence-corrected chi connectivity index (χ3v) is 2.86. The summed E-state index contributed by atoms with van der Waals surface area (Å²) in [4.78, 5) is 13.8. The van der Waals surface area contributed by atoms with E-state index >= 15 is 0 Å². The Morgan fingerprint density at radius 3 is 3.06 bits per heavy atom. The van der Waals surface area contributed by atoms with Crippen molar-refractivity contribution in [3.63, 3.8) is 0 Å². The molecule has 0 unspecified atom stereocenters. The predicted octanol–water partition coefficient (Wildman–Crippen LogP) is 1.38. The molecule has 0 atom stereocenters. The van der Waals surface area contributed by atoms with Crippen LogP contribution in [0.15, 0.2) is 22.8 Å². The number of carbonyl (C=O) groups excluding carboxylic acids is 1. The Balaban J connectivity index is 2.02. The third kappa shape index (κ3) is 2.64. The average molecular weight is 222 g/mol. The van der Waals surface area contributed by atoms with E-state index in [1.807, 2.05) is 17.0 Å². The summed E-state index contributed by atoms with van der Waals surface area (Å²) in [6.07, 6.45) is 2.17. The van der Waals surface area contributed by atoms with Crippen molar-refractivity contribution >= 4 is 5.91 Å². The van der Waals surface area contributed by atoms with Crippen LogP contribution in [0.3, 0.4) is 0 Å². The van der Waals surface area contributed by atoms with Crippen molar-refractivity contribution in [2.75, 3.05) is 13.1 Å². The van der Waals surface area contributed by atoms with Crippen LogP contribution in [0.5, 0.6) is 0 Å². The van der Waals surface area contributed by atoms with Crippen LogP contribution in [-0.4, -0.2) is 29.4 Å². The molecule has 1 amide bonds. The van der Waals surface area contributed by atoms with E-state index in [1.165, 1.54) is 0 Å². The van der Waals surface area contributed by atoms with Crippen molar-refractivity contribution in [2.24, 2.45) is 0 Å². The summed E-state index contributed by atoms with van der Waals surface area (Å²) in [5, 5.41) is 3.37. The van der Waals surface area contributed by atoms with Gasteiger partial charge in [0.15, 0.2) is 0 Å². The molecule has 0 aromatic carbocycles. The van der Waals surface area contributed by atoms with Gasteiger partial charge in [0.1, 0.15) is 5.76 Å². The molecule has 0 bridgehead atoms. The minimum Gasteiger partial charge on any atom is -0.467 e. The number of nitrogens with zero attached hydrogens (tertiary/aromatic N) is 1. The van der Waals surface area contributed by atoms with Crippen molar-refractivity contribution in [1.82, 2.24) is 10.2 Å². The van der Waals surface area contributed by atoms with Gasteiger partial charge >= 0.3 is 0 Å². The van der Waals surface area contributed by atoms with Gasteiger partial charge in [0.25, 0.3) is 0 Å². The monoisotopic (exact) mass is 222 g/mol. The highest BCUT2D eigenvalue weighted by atomic mass is 16.3. The molecule has 4 heteroatoms. The summed E-state index contributed by atoms with van der Waals surface area (Å²) in [5.41, 5.74) is -0.102. The standard InChI is InChI=1S/C12H18N2O2/c1-12(2)8-11(15)14(6-5-13-12)9-10-4-3-7-16-10/h3-4,7,13H,5-6,8-9H2,1-2H3. The minimum atomic E-state index is -0.102. The number of amides is 1. The van der Waals surface area contributed by atoms with E-state index in [9.17, 15) is 4.79 Å². The molecular weight excluding hydrogens is 204 g/mol. The molecule has 0 spiro atoms. The van der Waals surface area contributed by atoms with Crippen LogP contribution in [0, 0.1) is 0 Å². The molecule has 0 saturated carbocycles. The van der Waals surface area contributed by atoms with E-state index in [0.717, 1.165) is 18.8 Å². The maximum Gasteiger partial charge on any atom is 0.224 e. The molecule has 1 aliphatic rings. The van der Waals surface area contributed by atoms with Gasteiger partial charge in [-0.1, -0.05) is 0 Å². The molecule has 1 aliphatic heterocycles. The summed E-state index contributed by atoms with van der Waals surface area (Å²) < 4.78 is 5.26. The fourth-order valence-electron chi connectivity index (χ4n) is 1.96. The zero-order valence-corrected chi connectivity index (χ0v) is 9.82. The SMILES string of the molecule is CC1(C)CC(=O)N(Cc2ccco2)CCN1. The zero-order valence-electron chi connectivity index (χ0n) is 9.82. The molecule has 16 heavy (non-hydrogen) atoms. The smallest absolute Gasteiger partial charge is 0.224 e. The van der Waals surface area contributed by atoms with Crippen LogP contribution < -0.4 is 5.32 Å². The molecule has 1 saturated heterocycles. The Labute approximate surface area is 95.6 Å². The Hall–Kier alpha value is -1.29. The molecule has 88 valence electrons. The highest BCUT2D eigenvalue weighted by Crippen LogP contribution is 2.16. The van der Waals surface area contributed by atoms with Crippen molar-refractivity contribution in [3.05, 3.63) is 24.2 Å². The molecule has 1 aromatic heterocycles.